The molecule has 0 fully saturated rings. The summed E-state index contributed by atoms with van der Waals surface area (Å²) >= 11 is 0. The fourth-order valence-corrected chi connectivity index (χ4v) is 4.59. The molecule has 0 saturated carbocycles. The number of benzene rings is 3. The van der Waals surface area contributed by atoms with Crippen LogP contribution in [0.25, 0.3) is 10.8 Å². The smallest absolute Gasteiger partial charge is 0.211 e. The Bertz CT molecular complexity index is 1460. The molecule has 0 aromatic heterocycles. The monoisotopic (exact) mass is 544 g/mol. The summed E-state index contributed by atoms with van der Waals surface area (Å²) in [5, 5.41) is -0.653. The third-order valence-electron chi connectivity index (χ3n) is 6.37. The molecule has 1 aliphatic rings. The van der Waals surface area contributed by atoms with Crippen LogP contribution in [0.15, 0.2) is 48.3 Å². The summed E-state index contributed by atoms with van der Waals surface area (Å²) < 4.78 is 140. The molecule has 0 radical (unpaired) electrons. The first-order valence-electron chi connectivity index (χ1n) is 11.4. The van der Waals surface area contributed by atoms with Crippen LogP contribution in [-0.4, -0.2) is 6.18 Å². The molecule has 10 heteroatoms. The van der Waals surface area contributed by atoms with E-state index in [1.807, 2.05) is 0 Å². The van der Waals surface area contributed by atoms with E-state index in [4.69, 9.17) is 0 Å². The van der Waals surface area contributed by atoms with Gasteiger partial charge >= 0.3 is 6.18 Å². The van der Waals surface area contributed by atoms with Gasteiger partial charge in [0, 0.05) is 23.6 Å². The molecule has 0 nitrogen and oxygen atoms in total. The molecule has 200 valence electrons. The van der Waals surface area contributed by atoms with Gasteiger partial charge in [-0.25, -0.2) is 30.7 Å². The Kier molecular flexibility index (Phi) is 7.26. The van der Waals surface area contributed by atoms with Crippen LogP contribution in [-0.2, 0) is 12.3 Å². The lowest BCUT2D eigenvalue weighted by atomic mass is 9.83. The van der Waals surface area contributed by atoms with Crippen molar-refractivity contribution >= 4 is 10.8 Å². The van der Waals surface area contributed by atoms with Gasteiger partial charge in [-0.15, -0.1) is 0 Å². The van der Waals surface area contributed by atoms with E-state index in [0.717, 1.165) is 24.1 Å². The number of fused-ring (bicyclic) bond motifs is 1. The SMILES string of the molecule is CC1C=C(F)C(c2cc(F)c(C(F)(F)Cc3ccc4c(F)c(C#CC(F)(F)F)c(F)cc4c3)c(F)c2)CC1. The predicted octanol–water partition coefficient (Wildman–Crippen LogP) is 9.01. The molecule has 0 bridgehead atoms. The molecule has 1 aliphatic carbocycles. The van der Waals surface area contributed by atoms with Crippen molar-refractivity contribution in [2.45, 2.75) is 44.2 Å². The van der Waals surface area contributed by atoms with Crippen LogP contribution in [0.4, 0.5) is 43.9 Å². The number of allylic oxidation sites excluding steroid dienone is 2. The van der Waals surface area contributed by atoms with Crippen LogP contribution in [0.5, 0.6) is 0 Å². The lowest BCUT2D eigenvalue weighted by molar-refractivity contribution is -0.0696. The molecule has 2 atom stereocenters. The second-order valence-electron chi connectivity index (χ2n) is 9.25. The Morgan fingerprint density at radius 2 is 1.50 bits per heavy atom. The highest BCUT2D eigenvalue weighted by atomic mass is 19.4. The topological polar surface area (TPSA) is 0 Å². The number of alkyl halides is 5. The highest BCUT2D eigenvalue weighted by Crippen LogP contribution is 2.41. The Balaban J connectivity index is 1.66. The van der Waals surface area contributed by atoms with Crippen LogP contribution in [0.3, 0.4) is 0 Å². The lowest BCUT2D eigenvalue weighted by Crippen LogP contribution is -2.22. The first-order valence-corrected chi connectivity index (χ1v) is 11.4. The van der Waals surface area contributed by atoms with Gasteiger partial charge in [-0.3, -0.25) is 0 Å². The largest absolute Gasteiger partial charge is 0.458 e. The number of halogens is 10. The van der Waals surface area contributed by atoms with E-state index in [0.29, 0.717) is 24.6 Å². The van der Waals surface area contributed by atoms with E-state index in [9.17, 15) is 35.1 Å². The number of rotatable bonds is 4. The Hall–Kier alpha value is -3.48. The molecule has 3 aromatic carbocycles. The van der Waals surface area contributed by atoms with E-state index >= 15 is 8.78 Å². The quantitative estimate of drug-likeness (QED) is 0.227. The average Bonchev–Trinajstić information content (AvgIpc) is 2.77. The molecule has 0 N–H and O–H groups in total. The molecular weight excluding hydrogens is 526 g/mol. The van der Waals surface area contributed by atoms with E-state index in [1.165, 1.54) is 12.0 Å². The fourth-order valence-electron chi connectivity index (χ4n) is 4.59. The minimum Gasteiger partial charge on any atom is -0.211 e. The van der Waals surface area contributed by atoms with Crippen molar-refractivity contribution in [1.82, 2.24) is 0 Å². The molecule has 0 saturated heterocycles. The Morgan fingerprint density at radius 3 is 2.11 bits per heavy atom. The maximum Gasteiger partial charge on any atom is 0.458 e. The van der Waals surface area contributed by atoms with Crippen molar-refractivity contribution in [3.63, 3.8) is 0 Å². The highest BCUT2D eigenvalue weighted by molar-refractivity contribution is 5.85. The van der Waals surface area contributed by atoms with Gasteiger partial charge in [0.25, 0.3) is 5.92 Å². The van der Waals surface area contributed by atoms with E-state index in [-0.39, 0.29) is 34.2 Å². The predicted molar refractivity (Wildman–Crippen MR) is 121 cm³/mol. The van der Waals surface area contributed by atoms with Crippen LogP contribution in [0, 0.1) is 41.0 Å². The molecule has 0 heterocycles. The third-order valence-corrected chi connectivity index (χ3v) is 6.37. The number of hydrogen-bond acceptors (Lipinski definition) is 0. The van der Waals surface area contributed by atoms with Crippen molar-refractivity contribution in [2.24, 2.45) is 5.92 Å². The van der Waals surface area contributed by atoms with Gasteiger partial charge in [0.05, 0.1) is 11.1 Å². The van der Waals surface area contributed by atoms with Crippen molar-refractivity contribution in [3.05, 3.63) is 93.8 Å². The van der Waals surface area contributed by atoms with Crippen LogP contribution in [0.2, 0.25) is 0 Å². The summed E-state index contributed by atoms with van der Waals surface area (Å²) in [6.07, 6.45) is -4.12. The Morgan fingerprint density at radius 1 is 0.842 bits per heavy atom. The van der Waals surface area contributed by atoms with Crippen molar-refractivity contribution in [1.29, 1.82) is 0 Å². The molecule has 4 rings (SSSR count). The molecular formula is C28H18F10. The first-order chi connectivity index (χ1) is 17.7. The summed E-state index contributed by atoms with van der Waals surface area (Å²) in [5.74, 6) is -9.57. The molecule has 3 aromatic rings. The van der Waals surface area contributed by atoms with Crippen molar-refractivity contribution < 1.29 is 43.9 Å². The summed E-state index contributed by atoms with van der Waals surface area (Å²) in [6, 6.07) is 4.83. The van der Waals surface area contributed by atoms with E-state index < -0.39 is 64.7 Å². The molecule has 0 aliphatic heterocycles. The van der Waals surface area contributed by atoms with Gasteiger partial charge < -0.3 is 0 Å². The molecule has 38 heavy (non-hydrogen) atoms. The van der Waals surface area contributed by atoms with Gasteiger partial charge in [0.1, 0.15) is 29.1 Å². The minimum atomic E-state index is -4.99. The van der Waals surface area contributed by atoms with Crippen LogP contribution >= 0.6 is 0 Å². The fraction of sp³-hybridized carbons (Fsp3) is 0.286. The maximum atomic E-state index is 15.1. The molecule has 0 amide bonds. The highest BCUT2D eigenvalue weighted by Gasteiger charge is 2.39. The molecule has 0 spiro atoms. The number of hydrogen-bond donors (Lipinski definition) is 0. The maximum absolute atomic E-state index is 15.1. The van der Waals surface area contributed by atoms with Gasteiger partial charge in [0.2, 0.25) is 0 Å². The van der Waals surface area contributed by atoms with Crippen molar-refractivity contribution in [3.8, 4) is 11.8 Å². The lowest BCUT2D eigenvalue weighted by Gasteiger charge is -2.24. The third kappa shape index (κ3) is 5.66. The second kappa shape index (κ2) is 10.0. The zero-order valence-corrected chi connectivity index (χ0v) is 19.6. The normalized spacial score (nSPS) is 18.2. The summed E-state index contributed by atoms with van der Waals surface area (Å²) in [4.78, 5) is 0. The van der Waals surface area contributed by atoms with Gasteiger partial charge in [-0.05, 0) is 59.5 Å². The van der Waals surface area contributed by atoms with Crippen LogP contribution in [0.1, 0.15) is 47.9 Å². The standard InChI is InChI=1S/C28H18F10/c1-14-2-4-18(21(29)8-14)17-11-23(31)25(24(32)12-17)27(34,35)13-15-3-5-19-16(9-15)10-22(30)20(26(19)33)6-7-28(36,37)38/h3,5,8-12,14,18H,2,4,13H2,1H3. The zero-order valence-electron chi connectivity index (χ0n) is 19.6. The second-order valence-corrected chi connectivity index (χ2v) is 9.25. The van der Waals surface area contributed by atoms with E-state index in [1.54, 1.807) is 6.92 Å². The van der Waals surface area contributed by atoms with Gasteiger partial charge in [-0.1, -0.05) is 31.0 Å². The summed E-state index contributed by atoms with van der Waals surface area (Å²) in [7, 11) is 0. The zero-order chi connectivity index (χ0) is 28.0. The van der Waals surface area contributed by atoms with Crippen molar-refractivity contribution in [2.75, 3.05) is 0 Å². The Labute approximate surface area is 211 Å². The first kappa shape index (κ1) is 27.6. The van der Waals surface area contributed by atoms with Crippen LogP contribution < -0.4 is 0 Å². The minimum absolute atomic E-state index is 0.0622. The van der Waals surface area contributed by atoms with Gasteiger partial charge in [-0.2, -0.15) is 13.2 Å². The average molecular weight is 544 g/mol. The molecule has 2 unspecified atom stereocenters. The van der Waals surface area contributed by atoms with Gasteiger partial charge in [0.15, 0.2) is 0 Å². The summed E-state index contributed by atoms with van der Waals surface area (Å²) in [6.45, 7) is 1.77. The summed E-state index contributed by atoms with van der Waals surface area (Å²) in [5.41, 5.74) is -3.05. The van der Waals surface area contributed by atoms with E-state index in [2.05, 4.69) is 0 Å².